The first kappa shape index (κ1) is 25.9. The zero-order valence-electron chi connectivity index (χ0n) is 23.1. The highest BCUT2D eigenvalue weighted by Gasteiger charge is 2.35. The molecule has 0 amide bonds. The van der Waals surface area contributed by atoms with Gasteiger partial charge in [0.1, 0.15) is 11.3 Å². The van der Waals surface area contributed by atoms with Crippen LogP contribution in [0.4, 0.5) is 0 Å². The minimum absolute atomic E-state index is 0.406. The smallest absolute Gasteiger partial charge is 0.151 e. The maximum absolute atomic E-state index is 12.4. The van der Waals surface area contributed by atoms with Gasteiger partial charge in [0.05, 0.1) is 0 Å². The van der Waals surface area contributed by atoms with Crippen LogP contribution in [0.15, 0.2) is 132 Å². The average Bonchev–Trinajstić information content (AvgIpc) is 3.46. The van der Waals surface area contributed by atoms with Gasteiger partial charge < -0.3 is 9.52 Å². The molecule has 1 aromatic heterocycles. The van der Waals surface area contributed by atoms with Crippen LogP contribution < -0.4 is 0 Å². The van der Waals surface area contributed by atoms with Crippen LogP contribution in [0, 0.1) is 0 Å². The maximum Gasteiger partial charge on any atom is 0.151 e. The van der Waals surface area contributed by atoms with Gasteiger partial charge in [-0.3, -0.25) is 0 Å². The van der Waals surface area contributed by atoms with E-state index in [1.807, 2.05) is 42.5 Å². The Hall–Kier alpha value is -4.40. The Morgan fingerprint density at radius 1 is 0.550 bits per heavy atom. The van der Waals surface area contributed by atoms with E-state index >= 15 is 0 Å². The second-order valence-electron chi connectivity index (χ2n) is 10.6. The molecule has 6 aromatic rings. The molecule has 0 aliphatic heterocycles. The second-order valence-corrected chi connectivity index (χ2v) is 10.6. The molecular weight excluding hydrogens is 488 g/mol. The van der Waals surface area contributed by atoms with Crippen molar-refractivity contribution in [2.24, 2.45) is 0 Å². The third-order valence-corrected chi connectivity index (χ3v) is 7.98. The molecule has 0 aliphatic rings. The summed E-state index contributed by atoms with van der Waals surface area (Å²) in [5.74, 6) is 0.546. The van der Waals surface area contributed by atoms with E-state index in [9.17, 15) is 5.11 Å². The van der Waals surface area contributed by atoms with Gasteiger partial charge in [-0.05, 0) is 75.5 Å². The molecule has 1 atom stereocenters. The highest BCUT2D eigenvalue weighted by atomic mass is 16.4. The SMILES string of the molecule is CCc1ccc(-c2ccc(C(O)(Cc3ccccc3)c3cc4cc(-c5ccc(CC)cc5)ccc4o3)cc2)cc1. The lowest BCUT2D eigenvalue weighted by Gasteiger charge is -2.27. The first-order chi connectivity index (χ1) is 19.6. The van der Waals surface area contributed by atoms with E-state index in [2.05, 4.69) is 98.8 Å². The van der Waals surface area contributed by atoms with E-state index in [4.69, 9.17) is 4.42 Å². The summed E-state index contributed by atoms with van der Waals surface area (Å²) in [5, 5.41) is 13.4. The van der Waals surface area contributed by atoms with E-state index < -0.39 is 5.60 Å². The number of fused-ring (bicyclic) bond motifs is 1. The molecule has 0 spiro atoms. The molecule has 2 nitrogen and oxygen atoms in total. The molecule has 0 radical (unpaired) electrons. The van der Waals surface area contributed by atoms with Crippen LogP contribution in [0.1, 0.15) is 41.9 Å². The van der Waals surface area contributed by atoms with Crippen molar-refractivity contribution < 1.29 is 9.52 Å². The minimum Gasteiger partial charge on any atom is -0.458 e. The fourth-order valence-corrected chi connectivity index (χ4v) is 5.45. The van der Waals surface area contributed by atoms with Crippen molar-refractivity contribution in [2.45, 2.75) is 38.7 Å². The summed E-state index contributed by atoms with van der Waals surface area (Å²) in [4.78, 5) is 0. The zero-order chi connectivity index (χ0) is 27.5. The van der Waals surface area contributed by atoms with Crippen molar-refractivity contribution in [3.63, 3.8) is 0 Å². The fraction of sp³-hybridized carbons (Fsp3) is 0.158. The molecule has 0 bridgehead atoms. The predicted molar refractivity (Wildman–Crippen MR) is 165 cm³/mol. The zero-order valence-corrected chi connectivity index (χ0v) is 23.1. The van der Waals surface area contributed by atoms with Crippen molar-refractivity contribution in [1.29, 1.82) is 0 Å². The van der Waals surface area contributed by atoms with Crippen molar-refractivity contribution in [2.75, 3.05) is 0 Å². The Kier molecular flexibility index (Phi) is 7.11. The number of aliphatic hydroxyl groups is 1. The summed E-state index contributed by atoms with van der Waals surface area (Å²) < 4.78 is 6.38. The normalized spacial score (nSPS) is 12.9. The molecule has 2 heteroatoms. The summed E-state index contributed by atoms with van der Waals surface area (Å²) in [7, 11) is 0. The number of hydrogen-bond donors (Lipinski definition) is 1. The lowest BCUT2D eigenvalue weighted by Crippen LogP contribution is -2.29. The topological polar surface area (TPSA) is 33.4 Å². The predicted octanol–water partition coefficient (Wildman–Crippen LogP) is 9.37. The Labute approximate surface area is 236 Å². The number of aryl methyl sites for hydroxylation is 2. The largest absolute Gasteiger partial charge is 0.458 e. The molecule has 6 rings (SSSR count). The number of hydrogen-bond acceptors (Lipinski definition) is 2. The van der Waals surface area contributed by atoms with Crippen molar-refractivity contribution >= 4 is 11.0 Å². The minimum atomic E-state index is -1.33. The molecule has 5 aromatic carbocycles. The summed E-state index contributed by atoms with van der Waals surface area (Å²) in [5.41, 5.74) is 8.53. The standard InChI is InChI=1S/C38H34O2/c1-3-27-10-14-30(15-11-27)31-18-21-35(22-19-31)38(39,26-29-8-6-5-7-9-29)37-25-34-24-33(20-23-36(34)40-37)32-16-12-28(4-2)13-17-32/h5-25,39H,3-4,26H2,1-2H3. The highest BCUT2D eigenvalue weighted by molar-refractivity contribution is 5.84. The van der Waals surface area contributed by atoms with Gasteiger partial charge in [-0.1, -0.05) is 123 Å². The van der Waals surface area contributed by atoms with Gasteiger partial charge in [-0.15, -0.1) is 0 Å². The van der Waals surface area contributed by atoms with Gasteiger partial charge in [-0.2, -0.15) is 0 Å². The summed E-state index contributed by atoms with van der Waals surface area (Å²) in [6, 6.07) is 44.0. The summed E-state index contributed by atoms with van der Waals surface area (Å²) in [6.45, 7) is 4.34. The van der Waals surface area contributed by atoms with Crippen LogP contribution in [-0.4, -0.2) is 5.11 Å². The molecule has 0 aliphatic carbocycles. The van der Waals surface area contributed by atoms with E-state index in [1.165, 1.54) is 22.3 Å². The molecular formula is C38H34O2. The molecule has 1 N–H and O–H groups in total. The Balaban J connectivity index is 1.39. The van der Waals surface area contributed by atoms with Crippen LogP contribution in [-0.2, 0) is 24.9 Å². The first-order valence-corrected chi connectivity index (χ1v) is 14.2. The quantitative estimate of drug-likeness (QED) is 0.216. The van der Waals surface area contributed by atoms with Gasteiger partial charge in [-0.25, -0.2) is 0 Å². The Morgan fingerprint density at radius 2 is 1.07 bits per heavy atom. The molecule has 0 fully saturated rings. The molecule has 40 heavy (non-hydrogen) atoms. The fourth-order valence-electron chi connectivity index (χ4n) is 5.45. The number of rotatable bonds is 8. The Bertz CT molecular complexity index is 1710. The van der Waals surface area contributed by atoms with Crippen LogP contribution in [0.25, 0.3) is 33.2 Å². The van der Waals surface area contributed by atoms with Gasteiger partial charge in [0, 0.05) is 11.8 Å². The lowest BCUT2D eigenvalue weighted by molar-refractivity contribution is 0.0587. The van der Waals surface area contributed by atoms with Crippen molar-refractivity contribution in [3.8, 4) is 22.3 Å². The molecule has 0 saturated carbocycles. The lowest BCUT2D eigenvalue weighted by atomic mass is 9.84. The monoisotopic (exact) mass is 522 g/mol. The average molecular weight is 523 g/mol. The second kappa shape index (κ2) is 11.0. The van der Waals surface area contributed by atoms with E-state index in [-0.39, 0.29) is 0 Å². The van der Waals surface area contributed by atoms with E-state index in [0.717, 1.165) is 46.1 Å². The van der Waals surface area contributed by atoms with E-state index in [0.29, 0.717) is 12.2 Å². The molecule has 198 valence electrons. The van der Waals surface area contributed by atoms with E-state index in [1.54, 1.807) is 0 Å². The van der Waals surface area contributed by atoms with Gasteiger partial charge in [0.25, 0.3) is 0 Å². The molecule has 0 saturated heterocycles. The van der Waals surface area contributed by atoms with Crippen LogP contribution in [0.3, 0.4) is 0 Å². The third-order valence-electron chi connectivity index (χ3n) is 7.98. The number of furan rings is 1. The third kappa shape index (κ3) is 5.11. The molecule has 1 heterocycles. The molecule has 1 unspecified atom stereocenters. The Morgan fingerprint density at radius 3 is 1.65 bits per heavy atom. The summed E-state index contributed by atoms with van der Waals surface area (Å²) in [6.07, 6.45) is 2.45. The van der Waals surface area contributed by atoms with Gasteiger partial charge in [0.2, 0.25) is 0 Å². The number of benzene rings is 5. The van der Waals surface area contributed by atoms with Crippen LogP contribution in [0.5, 0.6) is 0 Å². The van der Waals surface area contributed by atoms with Crippen LogP contribution in [0.2, 0.25) is 0 Å². The summed E-state index contributed by atoms with van der Waals surface area (Å²) >= 11 is 0. The highest BCUT2D eigenvalue weighted by Crippen LogP contribution is 2.38. The van der Waals surface area contributed by atoms with Gasteiger partial charge in [0.15, 0.2) is 5.60 Å². The van der Waals surface area contributed by atoms with Crippen molar-refractivity contribution in [1.82, 2.24) is 0 Å². The first-order valence-electron chi connectivity index (χ1n) is 14.2. The van der Waals surface area contributed by atoms with Crippen LogP contribution >= 0.6 is 0 Å². The van der Waals surface area contributed by atoms with Gasteiger partial charge >= 0.3 is 0 Å². The van der Waals surface area contributed by atoms with Crippen molar-refractivity contribution in [3.05, 3.63) is 155 Å². The maximum atomic E-state index is 12.4.